The minimum absolute atomic E-state index is 0.263. The lowest BCUT2D eigenvalue weighted by Crippen LogP contribution is -2.43. The van der Waals surface area contributed by atoms with Gasteiger partial charge in [0.15, 0.2) is 0 Å². The van der Waals surface area contributed by atoms with E-state index in [1.807, 2.05) is 4.08 Å². The Morgan fingerprint density at radius 1 is 1.33 bits per heavy atom. The zero-order valence-electron chi connectivity index (χ0n) is 8.44. The molecule has 0 heterocycles. The Hall–Kier alpha value is 0.447. The number of hydroxylamine groups is 1. The number of rotatable bonds is 3. The number of nitrogens with one attached hydrogen (secondary N) is 1. The predicted molar refractivity (Wildman–Crippen MR) is 64.6 cm³/mol. The van der Waals surface area contributed by atoms with E-state index >= 15 is 0 Å². The van der Waals surface area contributed by atoms with Crippen LogP contribution in [0.2, 0.25) is 18.1 Å². The molecule has 0 bridgehead atoms. The van der Waals surface area contributed by atoms with Gasteiger partial charge in [-0.05, 0) is 22.2 Å². The summed E-state index contributed by atoms with van der Waals surface area (Å²) in [5, 5.41) is 0.263. The third-order valence-corrected chi connectivity index (χ3v) is 6.85. The molecule has 0 aliphatic heterocycles. The van der Waals surface area contributed by atoms with Crippen LogP contribution in [0.4, 0.5) is 0 Å². The maximum absolute atomic E-state index is 5.63. The molecule has 1 N–H and O–H groups in total. The molecule has 0 saturated carbocycles. The highest BCUT2D eigenvalue weighted by Crippen LogP contribution is 2.35. The van der Waals surface area contributed by atoms with Crippen LogP contribution in [-0.4, -0.2) is 8.32 Å². The predicted octanol–water partition coefficient (Wildman–Crippen LogP) is 3.42. The number of hydrogen-bond acceptors (Lipinski definition) is 2. The third kappa shape index (κ3) is 3.91. The van der Waals surface area contributed by atoms with Crippen molar-refractivity contribution in [1.82, 2.24) is 5.48 Å². The minimum Gasteiger partial charge on any atom is -0.322 e. The fourth-order valence-electron chi connectivity index (χ4n) is 0.360. The molecular weight excluding hydrogens is 281 g/mol. The lowest BCUT2D eigenvalue weighted by Gasteiger charge is -2.34. The summed E-state index contributed by atoms with van der Waals surface area (Å²) in [6, 6.07) is 0. The molecular formula is C8H18INOSi. The Morgan fingerprint density at radius 2 is 1.83 bits per heavy atom. The summed E-state index contributed by atoms with van der Waals surface area (Å²) in [4.78, 5) is 0. The van der Waals surface area contributed by atoms with E-state index in [1.54, 1.807) is 6.20 Å². The number of halogens is 1. The van der Waals surface area contributed by atoms with Crippen molar-refractivity contribution in [2.45, 2.75) is 38.9 Å². The van der Waals surface area contributed by atoms with Gasteiger partial charge in [-0.1, -0.05) is 43.4 Å². The van der Waals surface area contributed by atoms with Gasteiger partial charge < -0.3 is 4.53 Å². The van der Waals surface area contributed by atoms with Crippen molar-refractivity contribution in [3.05, 3.63) is 10.3 Å². The largest absolute Gasteiger partial charge is 0.322 e. The summed E-state index contributed by atoms with van der Waals surface area (Å²) in [6.07, 6.45) is 1.81. The topological polar surface area (TPSA) is 21.3 Å². The second-order valence-electron chi connectivity index (χ2n) is 4.27. The minimum atomic E-state index is -1.61. The Kier molecular flexibility index (Phi) is 4.79. The molecule has 2 nitrogen and oxygen atoms in total. The SMILES string of the molecule is CC(C)(C)[Si](C)(C)ONC=CI. The summed E-state index contributed by atoms with van der Waals surface area (Å²) in [7, 11) is -1.61. The first-order valence-corrected chi connectivity index (χ1v) is 8.15. The lowest BCUT2D eigenvalue weighted by atomic mass is 10.2. The average Bonchev–Trinajstić information content (AvgIpc) is 1.85. The van der Waals surface area contributed by atoms with Crippen LogP contribution in [-0.2, 0) is 4.53 Å². The summed E-state index contributed by atoms with van der Waals surface area (Å²) in [5.41, 5.74) is 2.86. The van der Waals surface area contributed by atoms with Gasteiger partial charge in [0.1, 0.15) is 0 Å². The van der Waals surface area contributed by atoms with E-state index in [0.717, 1.165) is 0 Å². The van der Waals surface area contributed by atoms with E-state index in [0.29, 0.717) is 0 Å². The van der Waals surface area contributed by atoms with Crippen molar-refractivity contribution in [2.24, 2.45) is 0 Å². The average molecular weight is 299 g/mol. The van der Waals surface area contributed by atoms with E-state index in [9.17, 15) is 0 Å². The molecule has 0 saturated heterocycles. The van der Waals surface area contributed by atoms with E-state index in [1.165, 1.54) is 0 Å². The first-order chi connectivity index (χ1) is 5.31. The Bertz CT molecular complexity index is 163. The molecule has 0 aliphatic rings. The fourth-order valence-corrected chi connectivity index (χ4v) is 1.18. The van der Waals surface area contributed by atoms with Crippen LogP contribution in [0.25, 0.3) is 0 Å². The zero-order valence-corrected chi connectivity index (χ0v) is 11.6. The van der Waals surface area contributed by atoms with Gasteiger partial charge in [-0.15, -0.1) is 0 Å². The van der Waals surface area contributed by atoms with Crippen LogP contribution in [0, 0.1) is 0 Å². The molecule has 0 rings (SSSR count). The van der Waals surface area contributed by atoms with Crippen LogP contribution in [0.15, 0.2) is 10.3 Å². The molecule has 72 valence electrons. The zero-order chi connectivity index (χ0) is 9.83. The lowest BCUT2D eigenvalue weighted by molar-refractivity contribution is 0.217. The van der Waals surface area contributed by atoms with Crippen LogP contribution >= 0.6 is 22.6 Å². The van der Waals surface area contributed by atoms with Gasteiger partial charge in [0, 0.05) is 6.20 Å². The van der Waals surface area contributed by atoms with Crippen molar-refractivity contribution in [3.63, 3.8) is 0 Å². The van der Waals surface area contributed by atoms with Gasteiger partial charge in [0.05, 0.1) is 0 Å². The third-order valence-electron chi connectivity index (χ3n) is 2.25. The molecule has 0 spiro atoms. The Balaban J connectivity index is 4.05. The second-order valence-corrected chi connectivity index (χ2v) is 9.72. The van der Waals surface area contributed by atoms with E-state index in [2.05, 4.69) is 61.9 Å². The van der Waals surface area contributed by atoms with Crippen molar-refractivity contribution in [2.75, 3.05) is 0 Å². The van der Waals surface area contributed by atoms with E-state index < -0.39 is 8.32 Å². The maximum Gasteiger partial charge on any atom is 0.228 e. The highest BCUT2D eigenvalue weighted by Gasteiger charge is 2.38. The highest BCUT2D eigenvalue weighted by molar-refractivity contribution is 14.1. The first-order valence-electron chi connectivity index (χ1n) is 4.00. The second kappa shape index (κ2) is 4.62. The van der Waals surface area contributed by atoms with Crippen LogP contribution in [0.5, 0.6) is 0 Å². The molecule has 0 aromatic carbocycles. The quantitative estimate of drug-likeness (QED) is 0.490. The first kappa shape index (κ1) is 12.4. The van der Waals surface area contributed by atoms with Gasteiger partial charge in [0.2, 0.25) is 8.32 Å². The fraction of sp³-hybridized carbons (Fsp3) is 0.750. The molecule has 0 aliphatic carbocycles. The molecule has 0 aromatic rings. The summed E-state index contributed by atoms with van der Waals surface area (Å²) in [5.74, 6) is 0. The van der Waals surface area contributed by atoms with Crippen LogP contribution in [0.1, 0.15) is 20.8 Å². The monoisotopic (exact) mass is 299 g/mol. The number of hydrogen-bond donors (Lipinski definition) is 1. The van der Waals surface area contributed by atoms with Crippen molar-refractivity contribution >= 4 is 30.9 Å². The molecule has 0 fully saturated rings. The molecule has 12 heavy (non-hydrogen) atoms. The van der Waals surface area contributed by atoms with Gasteiger partial charge in [-0.3, -0.25) is 5.48 Å². The van der Waals surface area contributed by atoms with Crippen molar-refractivity contribution in [3.8, 4) is 0 Å². The van der Waals surface area contributed by atoms with E-state index in [4.69, 9.17) is 4.53 Å². The van der Waals surface area contributed by atoms with Gasteiger partial charge in [0.25, 0.3) is 0 Å². The van der Waals surface area contributed by atoms with Crippen LogP contribution < -0.4 is 5.48 Å². The molecule has 4 heteroatoms. The standard InChI is InChI=1S/C8H18INOSi/c1-8(2,3)12(4,5)11-10-7-6-9/h6-7,10H,1-5H3. The summed E-state index contributed by atoms with van der Waals surface area (Å²) >= 11 is 2.15. The van der Waals surface area contributed by atoms with Gasteiger partial charge in [-0.2, -0.15) is 0 Å². The Morgan fingerprint density at radius 3 is 2.17 bits per heavy atom. The molecule has 0 aromatic heterocycles. The smallest absolute Gasteiger partial charge is 0.228 e. The molecule has 0 unspecified atom stereocenters. The van der Waals surface area contributed by atoms with Crippen molar-refractivity contribution in [1.29, 1.82) is 0 Å². The molecule has 0 atom stereocenters. The summed E-state index contributed by atoms with van der Waals surface area (Å²) < 4.78 is 7.53. The molecule has 0 radical (unpaired) electrons. The van der Waals surface area contributed by atoms with Gasteiger partial charge >= 0.3 is 0 Å². The summed E-state index contributed by atoms with van der Waals surface area (Å²) in [6.45, 7) is 11.1. The van der Waals surface area contributed by atoms with Crippen molar-refractivity contribution < 1.29 is 4.53 Å². The highest BCUT2D eigenvalue weighted by atomic mass is 127. The Labute approximate surface area is 90.0 Å². The maximum atomic E-state index is 5.63. The normalized spacial score (nSPS) is 13.8. The molecule has 0 amide bonds. The van der Waals surface area contributed by atoms with Gasteiger partial charge in [-0.25, -0.2) is 0 Å². The van der Waals surface area contributed by atoms with Crippen LogP contribution in [0.3, 0.4) is 0 Å². The van der Waals surface area contributed by atoms with E-state index in [-0.39, 0.29) is 5.04 Å².